The van der Waals surface area contributed by atoms with Gasteiger partial charge in [0.15, 0.2) is 0 Å². The van der Waals surface area contributed by atoms with Crippen LogP contribution in [0.25, 0.3) is 0 Å². The van der Waals surface area contributed by atoms with Crippen LogP contribution in [0.1, 0.15) is 31.1 Å². The predicted octanol–water partition coefficient (Wildman–Crippen LogP) is 4.85. The van der Waals surface area contributed by atoms with Gasteiger partial charge in [0, 0.05) is 11.1 Å². The standard InChI is InChI=1S/C16H17Cl2N3O/c1-16(2,3)21-14-7-5-11(9-19-14)20-15(22)10-4-6-12(17)13(18)8-10/h4-9H,1-3H3,(H,19,21)(H,20,22). The summed E-state index contributed by atoms with van der Waals surface area (Å²) in [6.45, 7) is 6.15. The summed E-state index contributed by atoms with van der Waals surface area (Å²) in [7, 11) is 0. The number of carbonyl (C=O) groups excluding carboxylic acids is 1. The number of amides is 1. The third-order valence-corrected chi connectivity index (χ3v) is 3.45. The number of nitrogens with one attached hydrogen (secondary N) is 2. The first-order valence-electron chi connectivity index (χ1n) is 6.75. The van der Waals surface area contributed by atoms with E-state index in [1.54, 1.807) is 24.4 Å². The van der Waals surface area contributed by atoms with Crippen LogP contribution in [0, 0.1) is 0 Å². The highest BCUT2D eigenvalue weighted by Crippen LogP contribution is 2.23. The molecule has 22 heavy (non-hydrogen) atoms. The Labute approximate surface area is 139 Å². The normalized spacial score (nSPS) is 11.1. The van der Waals surface area contributed by atoms with Crippen LogP contribution in [0.15, 0.2) is 36.5 Å². The Bertz CT molecular complexity index is 679. The molecule has 0 fully saturated rings. The third kappa shape index (κ3) is 4.61. The molecule has 0 spiro atoms. The van der Waals surface area contributed by atoms with Crippen molar-refractivity contribution in [3.05, 3.63) is 52.1 Å². The maximum Gasteiger partial charge on any atom is 0.255 e. The molecule has 2 aromatic rings. The minimum absolute atomic E-state index is 0.0716. The summed E-state index contributed by atoms with van der Waals surface area (Å²) in [5, 5.41) is 6.77. The van der Waals surface area contributed by atoms with E-state index in [9.17, 15) is 4.79 Å². The number of nitrogens with zero attached hydrogens (tertiary/aromatic N) is 1. The zero-order valence-corrected chi connectivity index (χ0v) is 14.1. The molecule has 116 valence electrons. The van der Waals surface area contributed by atoms with Gasteiger partial charge in [-0.25, -0.2) is 4.98 Å². The van der Waals surface area contributed by atoms with Crippen LogP contribution >= 0.6 is 23.2 Å². The van der Waals surface area contributed by atoms with Crippen molar-refractivity contribution in [2.45, 2.75) is 26.3 Å². The first kappa shape index (κ1) is 16.6. The van der Waals surface area contributed by atoms with Crippen LogP contribution in [0.5, 0.6) is 0 Å². The zero-order valence-electron chi connectivity index (χ0n) is 12.6. The molecule has 0 aliphatic rings. The number of pyridine rings is 1. The molecule has 1 aromatic heterocycles. The summed E-state index contributed by atoms with van der Waals surface area (Å²) in [6, 6.07) is 8.34. The minimum Gasteiger partial charge on any atom is -0.365 e. The number of benzene rings is 1. The van der Waals surface area contributed by atoms with Crippen molar-refractivity contribution in [3.63, 3.8) is 0 Å². The molecule has 0 saturated carbocycles. The van der Waals surface area contributed by atoms with Crippen molar-refractivity contribution in [2.75, 3.05) is 10.6 Å². The van der Waals surface area contributed by atoms with E-state index in [4.69, 9.17) is 23.2 Å². The van der Waals surface area contributed by atoms with Gasteiger partial charge in [0.05, 0.1) is 21.9 Å². The van der Waals surface area contributed by atoms with E-state index in [1.165, 1.54) is 6.07 Å². The van der Waals surface area contributed by atoms with Gasteiger partial charge in [0.25, 0.3) is 5.91 Å². The molecule has 2 rings (SSSR count). The number of hydrogen-bond acceptors (Lipinski definition) is 3. The number of rotatable bonds is 3. The molecule has 1 amide bonds. The number of anilines is 2. The molecule has 0 aliphatic heterocycles. The molecule has 1 heterocycles. The second kappa shape index (κ2) is 6.55. The van der Waals surface area contributed by atoms with E-state index in [2.05, 4.69) is 36.4 Å². The van der Waals surface area contributed by atoms with Gasteiger partial charge in [-0.3, -0.25) is 4.79 Å². The third-order valence-electron chi connectivity index (χ3n) is 2.71. The van der Waals surface area contributed by atoms with Gasteiger partial charge >= 0.3 is 0 Å². The molecule has 0 saturated heterocycles. The summed E-state index contributed by atoms with van der Waals surface area (Å²) in [4.78, 5) is 16.4. The second-order valence-corrected chi connectivity index (χ2v) is 6.70. The van der Waals surface area contributed by atoms with E-state index in [1.807, 2.05) is 6.07 Å². The number of hydrogen-bond donors (Lipinski definition) is 2. The molecular weight excluding hydrogens is 321 g/mol. The van der Waals surface area contributed by atoms with Crippen molar-refractivity contribution in [1.82, 2.24) is 4.98 Å². The Morgan fingerprint density at radius 2 is 1.82 bits per heavy atom. The van der Waals surface area contributed by atoms with E-state index < -0.39 is 0 Å². The van der Waals surface area contributed by atoms with Gasteiger partial charge in [0.1, 0.15) is 5.82 Å². The molecule has 4 nitrogen and oxygen atoms in total. The fourth-order valence-electron chi connectivity index (χ4n) is 1.77. The maximum atomic E-state index is 12.1. The maximum absolute atomic E-state index is 12.1. The highest BCUT2D eigenvalue weighted by molar-refractivity contribution is 6.42. The first-order chi connectivity index (χ1) is 10.2. The molecule has 0 bridgehead atoms. The van der Waals surface area contributed by atoms with Gasteiger partial charge in [-0.2, -0.15) is 0 Å². The zero-order chi connectivity index (χ0) is 16.3. The lowest BCUT2D eigenvalue weighted by Crippen LogP contribution is -2.26. The summed E-state index contributed by atoms with van der Waals surface area (Å²) in [6.07, 6.45) is 1.60. The smallest absolute Gasteiger partial charge is 0.255 e. The van der Waals surface area contributed by atoms with Crippen LogP contribution in [0.3, 0.4) is 0 Å². The molecule has 0 radical (unpaired) electrons. The van der Waals surface area contributed by atoms with Crippen LogP contribution in [-0.4, -0.2) is 16.4 Å². The molecule has 2 N–H and O–H groups in total. The van der Waals surface area contributed by atoms with Gasteiger partial charge < -0.3 is 10.6 Å². The largest absolute Gasteiger partial charge is 0.365 e. The Morgan fingerprint density at radius 3 is 2.36 bits per heavy atom. The summed E-state index contributed by atoms with van der Waals surface area (Å²) in [5.74, 6) is 0.483. The lowest BCUT2D eigenvalue weighted by Gasteiger charge is -2.21. The highest BCUT2D eigenvalue weighted by atomic mass is 35.5. The summed E-state index contributed by atoms with van der Waals surface area (Å²) < 4.78 is 0. The first-order valence-corrected chi connectivity index (χ1v) is 7.51. The number of carbonyl (C=O) groups is 1. The summed E-state index contributed by atoms with van der Waals surface area (Å²) >= 11 is 11.7. The van der Waals surface area contributed by atoms with Crippen molar-refractivity contribution >= 4 is 40.6 Å². The highest BCUT2D eigenvalue weighted by Gasteiger charge is 2.11. The van der Waals surface area contributed by atoms with Gasteiger partial charge in [-0.15, -0.1) is 0 Å². The van der Waals surface area contributed by atoms with Crippen molar-refractivity contribution < 1.29 is 4.79 Å². The Hall–Kier alpha value is -1.78. The molecule has 0 atom stereocenters. The van der Waals surface area contributed by atoms with E-state index in [-0.39, 0.29) is 11.4 Å². The Kier molecular flexibility index (Phi) is 4.94. The average molecular weight is 338 g/mol. The molecule has 1 aromatic carbocycles. The van der Waals surface area contributed by atoms with Crippen LogP contribution in [-0.2, 0) is 0 Å². The number of halogens is 2. The minimum atomic E-state index is -0.267. The SMILES string of the molecule is CC(C)(C)Nc1ccc(NC(=O)c2ccc(Cl)c(Cl)c2)cn1. The Balaban J connectivity index is 2.07. The lowest BCUT2D eigenvalue weighted by atomic mass is 10.1. The van der Waals surface area contributed by atoms with Crippen LogP contribution < -0.4 is 10.6 Å². The fourth-order valence-corrected chi connectivity index (χ4v) is 2.06. The molecular formula is C16H17Cl2N3O. The van der Waals surface area contributed by atoms with Gasteiger partial charge in [0.2, 0.25) is 0 Å². The van der Waals surface area contributed by atoms with Crippen LogP contribution in [0.4, 0.5) is 11.5 Å². The Morgan fingerprint density at radius 1 is 1.09 bits per heavy atom. The second-order valence-electron chi connectivity index (χ2n) is 5.89. The molecule has 0 aliphatic carbocycles. The van der Waals surface area contributed by atoms with Gasteiger partial charge in [-0.05, 0) is 51.1 Å². The van der Waals surface area contributed by atoms with Gasteiger partial charge in [-0.1, -0.05) is 23.2 Å². The van der Waals surface area contributed by atoms with E-state index in [0.717, 1.165) is 5.82 Å². The van der Waals surface area contributed by atoms with Crippen molar-refractivity contribution in [3.8, 4) is 0 Å². The van der Waals surface area contributed by atoms with Crippen molar-refractivity contribution in [1.29, 1.82) is 0 Å². The molecule has 0 unspecified atom stereocenters. The fraction of sp³-hybridized carbons (Fsp3) is 0.250. The molecule has 6 heteroatoms. The monoisotopic (exact) mass is 337 g/mol. The summed E-state index contributed by atoms with van der Waals surface area (Å²) in [5.41, 5.74) is 0.972. The van der Waals surface area contributed by atoms with Crippen LogP contribution in [0.2, 0.25) is 10.0 Å². The lowest BCUT2D eigenvalue weighted by molar-refractivity contribution is 0.102. The number of aromatic nitrogens is 1. The van der Waals surface area contributed by atoms with E-state index >= 15 is 0 Å². The average Bonchev–Trinajstić information content (AvgIpc) is 2.42. The topological polar surface area (TPSA) is 54.0 Å². The predicted molar refractivity (Wildman–Crippen MR) is 92.0 cm³/mol. The van der Waals surface area contributed by atoms with E-state index in [0.29, 0.717) is 21.3 Å². The quantitative estimate of drug-likeness (QED) is 0.841. The van der Waals surface area contributed by atoms with Crippen molar-refractivity contribution in [2.24, 2.45) is 0 Å².